The lowest BCUT2D eigenvalue weighted by Crippen LogP contribution is -2.18. The summed E-state index contributed by atoms with van der Waals surface area (Å²) in [6, 6.07) is 12.4. The summed E-state index contributed by atoms with van der Waals surface area (Å²) >= 11 is 0. The molecule has 1 heterocycles. The summed E-state index contributed by atoms with van der Waals surface area (Å²) in [4.78, 5) is 4.21. The average molecular weight is 278 g/mol. The molecule has 0 radical (unpaired) electrons. The van der Waals surface area contributed by atoms with E-state index in [1.165, 1.54) is 6.07 Å². The first-order valence-electron chi connectivity index (χ1n) is 6.33. The predicted octanol–water partition coefficient (Wildman–Crippen LogP) is 3.53. The number of pyridine rings is 1. The van der Waals surface area contributed by atoms with Crippen molar-refractivity contribution in [3.05, 3.63) is 59.9 Å². The van der Waals surface area contributed by atoms with E-state index in [9.17, 15) is 8.78 Å². The molecule has 0 aliphatic heterocycles. The maximum Gasteiger partial charge on any atom is 0.387 e. The van der Waals surface area contributed by atoms with Gasteiger partial charge in [0.05, 0.1) is 5.69 Å². The molecule has 2 rings (SSSR count). The Balaban J connectivity index is 1.96. The van der Waals surface area contributed by atoms with E-state index in [0.717, 1.165) is 11.3 Å². The smallest absolute Gasteiger partial charge is 0.387 e. The Morgan fingerprint density at radius 3 is 2.75 bits per heavy atom. The second-order valence-electron chi connectivity index (χ2n) is 4.37. The Morgan fingerprint density at radius 1 is 1.20 bits per heavy atom. The summed E-state index contributed by atoms with van der Waals surface area (Å²) in [5, 5.41) is 3.29. The minimum Gasteiger partial charge on any atom is -0.435 e. The zero-order chi connectivity index (χ0) is 14.4. The molecule has 1 unspecified atom stereocenters. The van der Waals surface area contributed by atoms with Gasteiger partial charge in [0, 0.05) is 18.8 Å². The highest BCUT2D eigenvalue weighted by atomic mass is 19.3. The number of alkyl halides is 2. The largest absolute Gasteiger partial charge is 0.435 e. The van der Waals surface area contributed by atoms with Crippen molar-refractivity contribution >= 4 is 0 Å². The molecule has 1 N–H and O–H groups in total. The van der Waals surface area contributed by atoms with E-state index in [-0.39, 0.29) is 11.8 Å². The van der Waals surface area contributed by atoms with Crippen LogP contribution < -0.4 is 10.1 Å². The van der Waals surface area contributed by atoms with Gasteiger partial charge in [-0.2, -0.15) is 8.78 Å². The molecule has 5 heteroatoms. The monoisotopic (exact) mass is 278 g/mol. The van der Waals surface area contributed by atoms with Gasteiger partial charge in [0.15, 0.2) is 0 Å². The Hall–Kier alpha value is -2.01. The van der Waals surface area contributed by atoms with Gasteiger partial charge < -0.3 is 10.1 Å². The van der Waals surface area contributed by atoms with E-state index in [1.807, 2.05) is 31.2 Å². The van der Waals surface area contributed by atoms with Gasteiger partial charge >= 0.3 is 6.61 Å². The first kappa shape index (κ1) is 14.4. The van der Waals surface area contributed by atoms with Gasteiger partial charge in [-0.1, -0.05) is 18.2 Å². The summed E-state index contributed by atoms with van der Waals surface area (Å²) in [6.07, 6.45) is 1.73. The third-order valence-corrected chi connectivity index (χ3v) is 2.90. The second-order valence-corrected chi connectivity index (χ2v) is 4.37. The Kier molecular flexibility index (Phi) is 5.01. The van der Waals surface area contributed by atoms with Crippen LogP contribution in [0.2, 0.25) is 0 Å². The summed E-state index contributed by atoms with van der Waals surface area (Å²) in [7, 11) is 0. The van der Waals surface area contributed by atoms with Crippen molar-refractivity contribution in [1.82, 2.24) is 10.3 Å². The Bertz CT molecular complexity index is 534. The van der Waals surface area contributed by atoms with Gasteiger partial charge in [0.1, 0.15) is 5.75 Å². The van der Waals surface area contributed by atoms with Crippen LogP contribution >= 0.6 is 0 Å². The number of nitrogens with zero attached hydrogens (tertiary/aromatic N) is 1. The van der Waals surface area contributed by atoms with Crippen LogP contribution in [0.25, 0.3) is 0 Å². The van der Waals surface area contributed by atoms with E-state index in [0.29, 0.717) is 6.54 Å². The van der Waals surface area contributed by atoms with E-state index in [2.05, 4.69) is 15.0 Å². The van der Waals surface area contributed by atoms with E-state index < -0.39 is 6.61 Å². The molecule has 1 atom stereocenters. The number of halogens is 2. The molecule has 20 heavy (non-hydrogen) atoms. The highest BCUT2D eigenvalue weighted by Crippen LogP contribution is 2.20. The Labute approximate surface area is 116 Å². The minimum absolute atomic E-state index is 0.0122. The molecule has 106 valence electrons. The topological polar surface area (TPSA) is 34.2 Å². The first-order chi connectivity index (χ1) is 9.65. The van der Waals surface area contributed by atoms with Crippen molar-refractivity contribution in [1.29, 1.82) is 0 Å². The Morgan fingerprint density at radius 2 is 2.05 bits per heavy atom. The van der Waals surface area contributed by atoms with Crippen LogP contribution in [0, 0.1) is 0 Å². The molecule has 0 aliphatic rings. The molecular weight excluding hydrogens is 262 g/mol. The quantitative estimate of drug-likeness (QED) is 0.877. The van der Waals surface area contributed by atoms with E-state index >= 15 is 0 Å². The van der Waals surface area contributed by atoms with Gasteiger partial charge in [-0.3, -0.25) is 4.98 Å². The molecule has 0 bridgehead atoms. The number of rotatable bonds is 6. The number of benzene rings is 1. The van der Waals surface area contributed by atoms with Crippen LogP contribution in [0.1, 0.15) is 24.2 Å². The van der Waals surface area contributed by atoms with Gasteiger partial charge in [0.25, 0.3) is 0 Å². The van der Waals surface area contributed by atoms with Gasteiger partial charge in [-0.05, 0) is 36.8 Å². The third-order valence-electron chi connectivity index (χ3n) is 2.90. The van der Waals surface area contributed by atoms with Crippen molar-refractivity contribution in [2.45, 2.75) is 26.1 Å². The van der Waals surface area contributed by atoms with Crippen molar-refractivity contribution in [3.8, 4) is 5.75 Å². The lowest BCUT2D eigenvalue weighted by Gasteiger charge is -2.15. The van der Waals surface area contributed by atoms with Crippen molar-refractivity contribution in [2.75, 3.05) is 0 Å². The standard InChI is InChI=1S/C15H16F2N2O/c1-11(19-10-13-6-2-3-8-18-13)12-5-4-7-14(9-12)20-15(16)17/h2-9,11,15,19H,10H2,1H3. The second kappa shape index (κ2) is 6.96. The number of ether oxygens (including phenoxy) is 1. The molecular formula is C15H16F2N2O. The van der Waals surface area contributed by atoms with Crippen molar-refractivity contribution in [3.63, 3.8) is 0 Å². The van der Waals surface area contributed by atoms with Gasteiger partial charge in [0.2, 0.25) is 0 Å². The molecule has 0 spiro atoms. The number of aromatic nitrogens is 1. The normalized spacial score (nSPS) is 12.4. The number of hydrogen-bond acceptors (Lipinski definition) is 3. The highest BCUT2D eigenvalue weighted by Gasteiger charge is 2.09. The molecule has 0 fully saturated rings. The summed E-state index contributed by atoms with van der Waals surface area (Å²) in [5.74, 6) is 0.170. The van der Waals surface area contributed by atoms with Crippen LogP contribution in [-0.4, -0.2) is 11.6 Å². The number of nitrogens with one attached hydrogen (secondary N) is 1. The van der Waals surface area contributed by atoms with Crippen LogP contribution in [0.5, 0.6) is 5.75 Å². The summed E-state index contributed by atoms with van der Waals surface area (Å²) < 4.78 is 28.7. The molecule has 0 amide bonds. The minimum atomic E-state index is -2.80. The SMILES string of the molecule is CC(NCc1ccccn1)c1cccc(OC(F)F)c1. The molecule has 1 aromatic carbocycles. The molecule has 0 aliphatic carbocycles. The maximum atomic E-state index is 12.2. The van der Waals surface area contributed by atoms with Crippen LogP contribution in [0.15, 0.2) is 48.7 Å². The van der Waals surface area contributed by atoms with Gasteiger partial charge in [-0.15, -0.1) is 0 Å². The van der Waals surface area contributed by atoms with Crippen molar-refractivity contribution < 1.29 is 13.5 Å². The summed E-state index contributed by atoms with van der Waals surface area (Å²) in [6.45, 7) is -0.228. The predicted molar refractivity (Wildman–Crippen MR) is 72.6 cm³/mol. The fourth-order valence-corrected chi connectivity index (χ4v) is 1.84. The van der Waals surface area contributed by atoms with Crippen LogP contribution in [0.3, 0.4) is 0 Å². The first-order valence-corrected chi connectivity index (χ1v) is 6.33. The van der Waals surface area contributed by atoms with E-state index in [4.69, 9.17) is 0 Å². The number of hydrogen-bond donors (Lipinski definition) is 1. The maximum absolute atomic E-state index is 12.2. The molecule has 3 nitrogen and oxygen atoms in total. The fourth-order valence-electron chi connectivity index (χ4n) is 1.84. The lowest BCUT2D eigenvalue weighted by atomic mass is 10.1. The molecule has 0 saturated carbocycles. The molecule has 0 saturated heterocycles. The molecule has 2 aromatic rings. The van der Waals surface area contributed by atoms with E-state index in [1.54, 1.807) is 18.3 Å². The van der Waals surface area contributed by atoms with Crippen LogP contribution in [-0.2, 0) is 6.54 Å². The zero-order valence-electron chi connectivity index (χ0n) is 11.1. The van der Waals surface area contributed by atoms with Crippen molar-refractivity contribution in [2.24, 2.45) is 0 Å². The fraction of sp³-hybridized carbons (Fsp3) is 0.267. The third kappa shape index (κ3) is 4.28. The molecule has 1 aromatic heterocycles. The highest BCUT2D eigenvalue weighted by molar-refractivity contribution is 5.30. The zero-order valence-corrected chi connectivity index (χ0v) is 11.1. The summed E-state index contributed by atoms with van der Waals surface area (Å²) in [5.41, 5.74) is 1.82. The average Bonchev–Trinajstić information content (AvgIpc) is 2.45. The van der Waals surface area contributed by atoms with Gasteiger partial charge in [-0.25, -0.2) is 0 Å². The van der Waals surface area contributed by atoms with Crippen LogP contribution in [0.4, 0.5) is 8.78 Å². The lowest BCUT2D eigenvalue weighted by molar-refractivity contribution is -0.0499.